The number of nitrogens with zero attached hydrogens (tertiary/aromatic N) is 1. The summed E-state index contributed by atoms with van der Waals surface area (Å²) >= 11 is 0. The minimum Gasteiger partial charge on any atom is -0.489 e. The topological polar surface area (TPSA) is 66.9 Å². The molecule has 0 radical (unpaired) electrons. The maximum absolute atomic E-state index is 14.9. The van der Waals surface area contributed by atoms with E-state index in [4.69, 9.17) is 18.9 Å². The fraction of sp³-hybridized carbons (Fsp3) is 0.486. The number of carbonyl (C=O) groups is 1. The number of benzene rings is 2. The Morgan fingerprint density at radius 3 is 2.51 bits per heavy atom. The van der Waals surface area contributed by atoms with E-state index in [0.717, 1.165) is 41.4 Å². The molecule has 0 aliphatic heterocycles. The molecule has 1 heterocycles. The van der Waals surface area contributed by atoms with Crippen LogP contribution in [0.1, 0.15) is 74.3 Å². The summed E-state index contributed by atoms with van der Waals surface area (Å²) in [6.07, 6.45) is -0.938. The van der Waals surface area contributed by atoms with Crippen LogP contribution in [0.25, 0.3) is 11.1 Å². The smallest absolute Gasteiger partial charge is 0.417 e. The van der Waals surface area contributed by atoms with E-state index in [2.05, 4.69) is 11.1 Å². The molecule has 2 aliphatic carbocycles. The Hall–Kier alpha value is -3.66. The molecule has 1 saturated carbocycles. The third kappa shape index (κ3) is 7.11. The van der Waals surface area contributed by atoms with Crippen molar-refractivity contribution in [1.29, 1.82) is 0 Å². The van der Waals surface area contributed by atoms with Gasteiger partial charge in [-0.2, -0.15) is 13.2 Å². The molecule has 1 aromatic heterocycles. The average molecular weight is 630 g/mol. The first kappa shape index (κ1) is 32.7. The molecule has 3 atom stereocenters. The van der Waals surface area contributed by atoms with E-state index in [1.165, 1.54) is 12.1 Å². The molecule has 2 aromatic carbocycles. The van der Waals surface area contributed by atoms with Crippen LogP contribution < -0.4 is 9.47 Å². The van der Waals surface area contributed by atoms with Crippen molar-refractivity contribution in [3.8, 4) is 22.8 Å². The van der Waals surface area contributed by atoms with Crippen molar-refractivity contribution in [2.75, 3.05) is 20.3 Å². The molecular formula is C35H39F4NO5. The van der Waals surface area contributed by atoms with E-state index < -0.39 is 17.6 Å². The summed E-state index contributed by atoms with van der Waals surface area (Å²) in [5.74, 6) is 0.00499. The number of rotatable bonds is 13. The fourth-order valence-corrected chi connectivity index (χ4v) is 6.21. The third-order valence-corrected chi connectivity index (χ3v) is 8.90. The van der Waals surface area contributed by atoms with E-state index in [-0.39, 0.29) is 65.1 Å². The molecule has 0 N–H and O–H groups in total. The molecule has 242 valence electrons. The van der Waals surface area contributed by atoms with Crippen molar-refractivity contribution >= 4 is 5.97 Å². The van der Waals surface area contributed by atoms with Gasteiger partial charge in [0.2, 0.25) is 5.88 Å². The number of aromatic nitrogens is 1. The molecule has 5 rings (SSSR count). The average Bonchev–Trinajstić information content (AvgIpc) is 3.60. The summed E-state index contributed by atoms with van der Waals surface area (Å²) in [5, 5.41) is 0. The van der Waals surface area contributed by atoms with Gasteiger partial charge in [0.1, 0.15) is 18.2 Å². The summed E-state index contributed by atoms with van der Waals surface area (Å²) < 4.78 is 79.6. The van der Waals surface area contributed by atoms with Crippen LogP contribution in [0.3, 0.4) is 0 Å². The number of aryl methyl sites for hydroxylation is 1. The highest BCUT2D eigenvalue weighted by Gasteiger charge is 2.60. The highest BCUT2D eigenvalue weighted by atomic mass is 19.4. The lowest BCUT2D eigenvalue weighted by Gasteiger charge is -2.22. The lowest BCUT2D eigenvalue weighted by atomic mass is 9.97. The normalized spacial score (nSPS) is 18.7. The summed E-state index contributed by atoms with van der Waals surface area (Å²) in [6, 6.07) is 8.70. The van der Waals surface area contributed by atoms with Crippen molar-refractivity contribution in [2.45, 2.75) is 77.7 Å². The van der Waals surface area contributed by atoms with Gasteiger partial charge >= 0.3 is 12.1 Å². The molecule has 0 bridgehead atoms. The lowest BCUT2D eigenvalue weighted by molar-refractivity contribution is -0.145. The minimum atomic E-state index is -4.69. The number of halogens is 4. The summed E-state index contributed by atoms with van der Waals surface area (Å²) in [7, 11) is 1.60. The van der Waals surface area contributed by atoms with Crippen LogP contribution in [0.2, 0.25) is 0 Å². The summed E-state index contributed by atoms with van der Waals surface area (Å²) in [6.45, 7) is 7.99. The van der Waals surface area contributed by atoms with E-state index in [1.807, 2.05) is 26.8 Å². The Bertz CT molecular complexity index is 1550. The van der Waals surface area contributed by atoms with Crippen molar-refractivity contribution < 1.29 is 41.3 Å². The van der Waals surface area contributed by atoms with Gasteiger partial charge in [0.15, 0.2) is 0 Å². The number of esters is 1. The van der Waals surface area contributed by atoms with Crippen molar-refractivity contribution in [3.05, 3.63) is 76.2 Å². The predicted molar refractivity (Wildman–Crippen MR) is 161 cm³/mol. The monoisotopic (exact) mass is 629 g/mol. The Morgan fingerprint density at radius 2 is 1.82 bits per heavy atom. The van der Waals surface area contributed by atoms with Gasteiger partial charge in [-0.25, -0.2) is 9.37 Å². The number of ether oxygens (including phenoxy) is 4. The van der Waals surface area contributed by atoms with Gasteiger partial charge in [0.25, 0.3) is 0 Å². The van der Waals surface area contributed by atoms with Crippen LogP contribution in [0.5, 0.6) is 11.6 Å². The first-order chi connectivity index (χ1) is 21.4. The number of fused-ring (bicyclic) bond motifs is 3. The zero-order valence-corrected chi connectivity index (χ0v) is 26.2. The molecule has 10 heteroatoms. The third-order valence-electron chi connectivity index (χ3n) is 8.90. The second-order valence-electron chi connectivity index (χ2n) is 12.3. The van der Waals surface area contributed by atoms with Crippen LogP contribution in [0.4, 0.5) is 17.6 Å². The summed E-state index contributed by atoms with van der Waals surface area (Å²) in [5.41, 5.74) is 1.97. The van der Waals surface area contributed by atoms with Crippen LogP contribution >= 0.6 is 0 Å². The van der Waals surface area contributed by atoms with Crippen molar-refractivity contribution in [2.24, 2.45) is 11.8 Å². The maximum atomic E-state index is 14.9. The van der Waals surface area contributed by atoms with Gasteiger partial charge in [-0.1, -0.05) is 19.1 Å². The molecule has 0 saturated heterocycles. The molecule has 0 amide bonds. The van der Waals surface area contributed by atoms with Gasteiger partial charge in [-0.05, 0) is 92.8 Å². The Kier molecular flexibility index (Phi) is 9.44. The molecule has 6 nitrogen and oxygen atoms in total. The van der Waals surface area contributed by atoms with Gasteiger partial charge in [-0.3, -0.25) is 4.79 Å². The van der Waals surface area contributed by atoms with Crippen LogP contribution in [0, 0.1) is 17.7 Å². The Labute approximate surface area is 261 Å². The first-order valence-corrected chi connectivity index (χ1v) is 15.4. The second kappa shape index (κ2) is 13.0. The fourth-order valence-electron chi connectivity index (χ4n) is 6.21. The van der Waals surface area contributed by atoms with Crippen LogP contribution in [0.15, 0.2) is 42.6 Å². The van der Waals surface area contributed by atoms with Gasteiger partial charge in [0.05, 0.1) is 30.3 Å². The largest absolute Gasteiger partial charge is 0.489 e. The van der Waals surface area contributed by atoms with Crippen molar-refractivity contribution in [1.82, 2.24) is 4.98 Å². The predicted octanol–water partition coefficient (Wildman–Crippen LogP) is 8.08. The minimum absolute atomic E-state index is 0.101. The molecule has 45 heavy (non-hydrogen) atoms. The molecule has 0 spiro atoms. The highest BCUT2D eigenvalue weighted by Crippen LogP contribution is 2.62. The number of alkyl halides is 3. The van der Waals surface area contributed by atoms with E-state index in [0.29, 0.717) is 31.6 Å². The zero-order valence-electron chi connectivity index (χ0n) is 26.2. The molecule has 2 aliphatic rings. The number of carbonyl (C=O) groups excluding carboxylic acids is 1. The standard InChI is InChI=1S/C35H39F4NO5/c1-6-20-14-24-22(15-25-31(24)32(25)33(41)43-7-2)16-29(20)45-19-23-13-21(9-10-28(23)36)26-18-40-30(17-27(26)35(37,38)39)44-12-8-11-34(3,4)42-5/h9-10,13-14,16-18,25,31-32H,6-8,11-12,15,19H2,1-5H3. The Balaban J connectivity index is 1.32. The number of hydrogen-bond donors (Lipinski definition) is 0. The number of methoxy groups -OCH3 is 1. The zero-order chi connectivity index (χ0) is 32.5. The van der Waals surface area contributed by atoms with Gasteiger partial charge in [-0.15, -0.1) is 0 Å². The van der Waals surface area contributed by atoms with Crippen molar-refractivity contribution in [3.63, 3.8) is 0 Å². The second-order valence-corrected chi connectivity index (χ2v) is 12.3. The highest BCUT2D eigenvalue weighted by molar-refractivity contribution is 5.80. The SMILES string of the molecule is CCOC(=O)C1C2Cc3cc(OCc4cc(-c5cnc(OCCCC(C)(C)OC)cc5C(F)(F)F)ccc4F)c(CC)cc3C21. The first-order valence-electron chi connectivity index (χ1n) is 15.4. The molecular weight excluding hydrogens is 590 g/mol. The molecule has 1 fully saturated rings. The van der Waals surface area contributed by atoms with Gasteiger partial charge in [0, 0.05) is 36.4 Å². The molecule has 3 unspecified atom stereocenters. The van der Waals surface area contributed by atoms with E-state index in [1.54, 1.807) is 14.0 Å². The quantitative estimate of drug-likeness (QED) is 0.108. The number of pyridine rings is 1. The maximum Gasteiger partial charge on any atom is 0.417 e. The molecule has 3 aromatic rings. The van der Waals surface area contributed by atoms with E-state index in [9.17, 15) is 22.4 Å². The summed E-state index contributed by atoms with van der Waals surface area (Å²) in [4.78, 5) is 16.4. The number of hydrogen-bond acceptors (Lipinski definition) is 6. The van der Waals surface area contributed by atoms with Crippen LogP contribution in [-0.4, -0.2) is 36.9 Å². The Morgan fingerprint density at radius 1 is 1.04 bits per heavy atom. The van der Waals surface area contributed by atoms with Crippen LogP contribution in [-0.2, 0) is 39.9 Å². The lowest BCUT2D eigenvalue weighted by Crippen LogP contribution is -2.23. The van der Waals surface area contributed by atoms with Gasteiger partial charge < -0.3 is 18.9 Å². The van der Waals surface area contributed by atoms with E-state index >= 15 is 0 Å².